The Morgan fingerprint density at radius 1 is 1.07 bits per heavy atom. The number of nitrogens with one attached hydrogen (secondary N) is 1. The molecule has 0 fully saturated rings. The molecule has 0 aromatic heterocycles. The van der Waals surface area contributed by atoms with Gasteiger partial charge in [0.15, 0.2) is 6.10 Å². The summed E-state index contributed by atoms with van der Waals surface area (Å²) >= 11 is 5.97. The highest BCUT2D eigenvalue weighted by Crippen LogP contribution is 2.28. The molecule has 0 unspecified atom stereocenters. The van der Waals surface area contributed by atoms with E-state index in [1.165, 1.54) is 14.0 Å². The fourth-order valence-corrected chi connectivity index (χ4v) is 3.08. The number of ether oxygens (including phenoxy) is 2. The van der Waals surface area contributed by atoms with E-state index in [-0.39, 0.29) is 6.42 Å². The zero-order valence-corrected chi connectivity index (χ0v) is 16.3. The quantitative estimate of drug-likeness (QED) is 0.616. The molecule has 0 aliphatic carbocycles. The van der Waals surface area contributed by atoms with Gasteiger partial charge in [-0.05, 0) is 41.5 Å². The summed E-state index contributed by atoms with van der Waals surface area (Å²) in [6.45, 7) is 1.52. The fraction of sp³-hybridized carbons (Fsp3) is 0.182. The van der Waals surface area contributed by atoms with Crippen molar-refractivity contribution in [3.8, 4) is 5.75 Å². The third-order valence-corrected chi connectivity index (χ3v) is 4.55. The molecule has 0 spiro atoms. The number of benzene rings is 3. The molecular weight excluding hydrogens is 378 g/mol. The van der Waals surface area contributed by atoms with Crippen molar-refractivity contribution in [1.29, 1.82) is 0 Å². The van der Waals surface area contributed by atoms with Gasteiger partial charge in [-0.25, -0.2) is 0 Å². The first-order valence-corrected chi connectivity index (χ1v) is 9.16. The van der Waals surface area contributed by atoms with Crippen molar-refractivity contribution in [2.75, 3.05) is 12.4 Å². The van der Waals surface area contributed by atoms with Crippen LogP contribution in [0.25, 0.3) is 10.8 Å². The topological polar surface area (TPSA) is 64.6 Å². The molecule has 0 heterocycles. The highest BCUT2D eigenvalue weighted by atomic mass is 35.5. The summed E-state index contributed by atoms with van der Waals surface area (Å²) in [5, 5.41) is 5.17. The van der Waals surface area contributed by atoms with Gasteiger partial charge >= 0.3 is 5.97 Å². The smallest absolute Gasteiger partial charge is 0.311 e. The van der Waals surface area contributed by atoms with Crippen molar-refractivity contribution in [2.45, 2.75) is 19.4 Å². The van der Waals surface area contributed by atoms with Crippen LogP contribution in [0.15, 0.2) is 60.7 Å². The van der Waals surface area contributed by atoms with Gasteiger partial charge in [-0.15, -0.1) is 0 Å². The van der Waals surface area contributed by atoms with Crippen molar-refractivity contribution >= 4 is 39.9 Å². The number of halogens is 1. The third kappa shape index (κ3) is 4.61. The Kier molecular flexibility index (Phi) is 6.16. The molecule has 0 bridgehead atoms. The molecule has 144 valence electrons. The summed E-state index contributed by atoms with van der Waals surface area (Å²) in [4.78, 5) is 24.8. The fourth-order valence-electron chi connectivity index (χ4n) is 2.91. The molecule has 6 heteroatoms. The van der Waals surface area contributed by atoms with Crippen LogP contribution in [0, 0.1) is 0 Å². The molecule has 0 aliphatic heterocycles. The van der Waals surface area contributed by atoms with E-state index >= 15 is 0 Å². The SMILES string of the molecule is COc1ccc(Cl)cc1NC(=O)[C@@H](C)OC(=O)Cc1cccc2ccccc12. The van der Waals surface area contributed by atoms with E-state index in [1.807, 2.05) is 42.5 Å². The van der Waals surface area contributed by atoms with Crippen molar-refractivity contribution in [3.05, 3.63) is 71.2 Å². The third-order valence-electron chi connectivity index (χ3n) is 4.31. The molecule has 0 saturated carbocycles. The van der Waals surface area contributed by atoms with Gasteiger partial charge in [0.2, 0.25) is 0 Å². The minimum absolute atomic E-state index is 0.0828. The number of hydrogen-bond acceptors (Lipinski definition) is 4. The van der Waals surface area contributed by atoms with Crippen LogP contribution >= 0.6 is 11.6 Å². The highest BCUT2D eigenvalue weighted by Gasteiger charge is 2.20. The average molecular weight is 398 g/mol. The number of rotatable bonds is 6. The van der Waals surface area contributed by atoms with E-state index in [0.29, 0.717) is 16.5 Å². The molecule has 3 aromatic rings. The molecule has 3 aromatic carbocycles. The minimum atomic E-state index is -0.967. The number of fused-ring (bicyclic) bond motifs is 1. The summed E-state index contributed by atoms with van der Waals surface area (Å²) in [5.41, 5.74) is 1.27. The zero-order chi connectivity index (χ0) is 20.1. The van der Waals surface area contributed by atoms with E-state index < -0.39 is 18.0 Å². The highest BCUT2D eigenvalue weighted by molar-refractivity contribution is 6.31. The van der Waals surface area contributed by atoms with Crippen LogP contribution in [-0.2, 0) is 20.7 Å². The lowest BCUT2D eigenvalue weighted by Gasteiger charge is -2.16. The van der Waals surface area contributed by atoms with Crippen LogP contribution < -0.4 is 10.1 Å². The molecule has 0 radical (unpaired) electrons. The maximum Gasteiger partial charge on any atom is 0.311 e. The molecule has 3 rings (SSSR count). The maximum atomic E-state index is 12.4. The second-order valence-corrected chi connectivity index (χ2v) is 6.72. The maximum absolute atomic E-state index is 12.4. The first kappa shape index (κ1) is 19.7. The lowest BCUT2D eigenvalue weighted by Crippen LogP contribution is -2.30. The van der Waals surface area contributed by atoms with Crippen molar-refractivity contribution in [1.82, 2.24) is 0 Å². The predicted molar refractivity (Wildman–Crippen MR) is 110 cm³/mol. The summed E-state index contributed by atoms with van der Waals surface area (Å²) in [6.07, 6.45) is -0.884. The van der Waals surface area contributed by atoms with E-state index in [1.54, 1.807) is 18.2 Å². The zero-order valence-electron chi connectivity index (χ0n) is 15.6. The van der Waals surface area contributed by atoms with E-state index in [9.17, 15) is 9.59 Å². The lowest BCUT2D eigenvalue weighted by molar-refractivity contribution is -0.152. The van der Waals surface area contributed by atoms with Gasteiger partial charge in [-0.1, -0.05) is 54.1 Å². The Morgan fingerprint density at radius 3 is 2.61 bits per heavy atom. The summed E-state index contributed by atoms with van der Waals surface area (Å²) < 4.78 is 10.5. The van der Waals surface area contributed by atoms with Crippen LogP contribution in [0.5, 0.6) is 5.75 Å². The molecule has 1 amide bonds. The molecule has 1 N–H and O–H groups in total. The first-order chi connectivity index (χ1) is 13.5. The van der Waals surface area contributed by atoms with Gasteiger partial charge in [0, 0.05) is 5.02 Å². The van der Waals surface area contributed by atoms with Crippen LogP contribution in [0.3, 0.4) is 0 Å². The monoisotopic (exact) mass is 397 g/mol. The predicted octanol–water partition coefficient (Wildman–Crippen LogP) is 4.61. The standard InChI is InChI=1S/C22H20ClNO4/c1-14(22(26)24-19-13-17(23)10-11-20(19)27-2)28-21(25)12-16-8-5-7-15-6-3-4-9-18(15)16/h3-11,13-14H,12H2,1-2H3,(H,24,26)/t14-/m1/s1. The summed E-state index contributed by atoms with van der Waals surface area (Å²) in [6, 6.07) is 18.4. The van der Waals surface area contributed by atoms with E-state index in [0.717, 1.165) is 16.3 Å². The second kappa shape index (κ2) is 8.76. The molecule has 1 atom stereocenters. The lowest BCUT2D eigenvalue weighted by atomic mass is 10.0. The van der Waals surface area contributed by atoms with Gasteiger partial charge in [-0.2, -0.15) is 0 Å². The van der Waals surface area contributed by atoms with Gasteiger partial charge < -0.3 is 14.8 Å². The van der Waals surface area contributed by atoms with E-state index in [2.05, 4.69) is 5.32 Å². The molecule has 0 aliphatic rings. The van der Waals surface area contributed by atoms with Gasteiger partial charge in [0.05, 0.1) is 19.2 Å². The van der Waals surface area contributed by atoms with Crippen LogP contribution in [-0.4, -0.2) is 25.1 Å². The molecule has 5 nitrogen and oxygen atoms in total. The van der Waals surface area contributed by atoms with Crippen molar-refractivity contribution in [3.63, 3.8) is 0 Å². The van der Waals surface area contributed by atoms with Gasteiger partial charge in [0.1, 0.15) is 5.75 Å². The Labute approximate surface area is 168 Å². The van der Waals surface area contributed by atoms with Crippen LogP contribution in [0.1, 0.15) is 12.5 Å². The Hall–Kier alpha value is -3.05. The van der Waals surface area contributed by atoms with Gasteiger partial charge in [-0.3, -0.25) is 9.59 Å². The Balaban J connectivity index is 1.65. The number of methoxy groups -OCH3 is 1. The number of anilines is 1. The van der Waals surface area contributed by atoms with Crippen LogP contribution in [0.4, 0.5) is 5.69 Å². The summed E-state index contributed by atoms with van der Waals surface area (Å²) in [5.74, 6) is -0.476. The van der Waals surface area contributed by atoms with Crippen molar-refractivity contribution < 1.29 is 19.1 Å². The number of hydrogen-bond donors (Lipinski definition) is 1. The minimum Gasteiger partial charge on any atom is -0.495 e. The van der Waals surface area contributed by atoms with Crippen molar-refractivity contribution in [2.24, 2.45) is 0 Å². The number of carbonyl (C=O) groups is 2. The molecular formula is C22H20ClNO4. The number of carbonyl (C=O) groups excluding carboxylic acids is 2. The molecule has 0 saturated heterocycles. The molecule has 28 heavy (non-hydrogen) atoms. The average Bonchev–Trinajstić information content (AvgIpc) is 2.68. The van der Waals surface area contributed by atoms with Gasteiger partial charge in [0.25, 0.3) is 5.91 Å². The normalized spacial score (nSPS) is 11.7. The first-order valence-electron chi connectivity index (χ1n) is 8.78. The summed E-state index contributed by atoms with van der Waals surface area (Å²) in [7, 11) is 1.49. The number of amides is 1. The van der Waals surface area contributed by atoms with Crippen LogP contribution in [0.2, 0.25) is 5.02 Å². The Morgan fingerprint density at radius 2 is 1.82 bits per heavy atom. The second-order valence-electron chi connectivity index (χ2n) is 6.28. The Bertz CT molecular complexity index is 1010. The van der Waals surface area contributed by atoms with E-state index in [4.69, 9.17) is 21.1 Å². The largest absolute Gasteiger partial charge is 0.495 e. The number of esters is 1.